The van der Waals surface area contributed by atoms with Crippen molar-refractivity contribution in [1.29, 1.82) is 0 Å². The van der Waals surface area contributed by atoms with E-state index in [4.69, 9.17) is 0 Å². The molecule has 1 saturated carbocycles. The van der Waals surface area contributed by atoms with Gasteiger partial charge in [0.15, 0.2) is 5.82 Å². The topological polar surface area (TPSA) is 133 Å². The van der Waals surface area contributed by atoms with Crippen molar-refractivity contribution >= 4 is 45.7 Å². The lowest BCUT2D eigenvalue weighted by Gasteiger charge is -2.35. The Hall–Kier alpha value is -5.38. The fourth-order valence-electron chi connectivity index (χ4n) is 8.25. The van der Waals surface area contributed by atoms with Crippen LogP contribution in [-0.4, -0.2) is 63.3 Å². The molecule has 1 atom stereocenters. The monoisotopic (exact) mass is 699 g/mol. The van der Waals surface area contributed by atoms with Gasteiger partial charge in [0.2, 0.25) is 11.8 Å². The van der Waals surface area contributed by atoms with Gasteiger partial charge in [-0.3, -0.25) is 24.1 Å². The molecule has 3 aliphatic rings. The van der Waals surface area contributed by atoms with E-state index in [1.165, 1.54) is 53.9 Å². The highest BCUT2D eigenvalue weighted by atomic mass is 16.4. The first-order valence-corrected chi connectivity index (χ1v) is 18.5. The lowest BCUT2D eigenvalue weighted by Crippen LogP contribution is -2.45. The van der Waals surface area contributed by atoms with Crippen LogP contribution >= 0.6 is 0 Å². The maximum Gasteiger partial charge on any atom is 0.323 e. The van der Waals surface area contributed by atoms with E-state index >= 15 is 0 Å². The van der Waals surface area contributed by atoms with Crippen LogP contribution in [0.15, 0.2) is 79.1 Å². The summed E-state index contributed by atoms with van der Waals surface area (Å²) in [5.41, 5.74) is 5.11. The predicted molar refractivity (Wildman–Crippen MR) is 200 cm³/mol. The Morgan fingerprint density at radius 2 is 1.63 bits per heavy atom. The van der Waals surface area contributed by atoms with Gasteiger partial charge in [-0.1, -0.05) is 80.8 Å². The minimum absolute atomic E-state index is 0.0399. The highest BCUT2D eigenvalue weighted by molar-refractivity contribution is 6.26. The normalized spacial score (nSPS) is 19.7. The van der Waals surface area contributed by atoms with E-state index < -0.39 is 30.9 Å². The average molecular weight is 700 g/mol. The maximum absolute atomic E-state index is 13.1. The van der Waals surface area contributed by atoms with E-state index in [0.717, 1.165) is 58.1 Å². The number of amides is 3. The molecule has 2 N–H and O–H groups in total. The Balaban J connectivity index is 0.922. The van der Waals surface area contributed by atoms with E-state index in [9.17, 15) is 24.3 Å². The second kappa shape index (κ2) is 15.5. The number of allylic oxidation sites excluding steroid dienone is 2. The molecule has 10 nitrogen and oxygen atoms in total. The summed E-state index contributed by atoms with van der Waals surface area (Å²) in [6, 6.07) is 18.3. The Kier molecular flexibility index (Phi) is 10.4. The molecule has 7 rings (SSSR count). The average Bonchev–Trinajstić information content (AvgIpc) is 3.44. The highest BCUT2D eigenvalue weighted by Crippen LogP contribution is 2.42. The molecule has 2 aliphatic carbocycles. The third kappa shape index (κ3) is 7.61. The van der Waals surface area contributed by atoms with E-state index in [1.807, 2.05) is 54.9 Å². The van der Waals surface area contributed by atoms with Gasteiger partial charge in [0.1, 0.15) is 13.1 Å². The first kappa shape index (κ1) is 35.0. The molecule has 10 heteroatoms. The van der Waals surface area contributed by atoms with Crippen LogP contribution < -0.4 is 10.2 Å². The largest absolute Gasteiger partial charge is 0.480 e. The van der Waals surface area contributed by atoms with Crippen molar-refractivity contribution < 1.29 is 24.3 Å². The number of carboxylic acids is 1. The number of aromatic nitrogens is 2. The van der Waals surface area contributed by atoms with Crippen molar-refractivity contribution in [3.8, 4) is 11.4 Å². The van der Waals surface area contributed by atoms with Crippen LogP contribution in [0.4, 0.5) is 5.69 Å². The van der Waals surface area contributed by atoms with Crippen molar-refractivity contribution in [1.82, 2.24) is 20.2 Å². The number of anilines is 1. The van der Waals surface area contributed by atoms with Gasteiger partial charge in [0.25, 0.3) is 5.91 Å². The first-order valence-electron chi connectivity index (χ1n) is 18.5. The lowest BCUT2D eigenvalue weighted by atomic mass is 9.71. The van der Waals surface area contributed by atoms with E-state index in [0.29, 0.717) is 17.1 Å². The van der Waals surface area contributed by atoms with Gasteiger partial charge < -0.3 is 15.3 Å². The number of nitrogens with one attached hydrogen (secondary N) is 1. The Bertz CT molecular complexity index is 1990. The summed E-state index contributed by atoms with van der Waals surface area (Å²) in [7, 11) is 0. The van der Waals surface area contributed by atoms with Crippen LogP contribution in [0.5, 0.6) is 0 Å². The summed E-state index contributed by atoms with van der Waals surface area (Å²) in [5.74, 6) is 0.663. The molecule has 0 spiro atoms. The second-order valence-electron chi connectivity index (χ2n) is 14.4. The van der Waals surface area contributed by atoms with Gasteiger partial charge in [-0.05, 0) is 78.5 Å². The minimum Gasteiger partial charge on any atom is -0.480 e. The summed E-state index contributed by atoms with van der Waals surface area (Å²) in [6.07, 6.45) is 16.5. The molecule has 1 unspecified atom stereocenters. The van der Waals surface area contributed by atoms with Crippen LogP contribution in [0.3, 0.4) is 0 Å². The number of nitrogens with zero attached hydrogens (tertiary/aromatic N) is 4. The Morgan fingerprint density at radius 3 is 2.31 bits per heavy atom. The van der Waals surface area contributed by atoms with Crippen molar-refractivity contribution in [3.63, 3.8) is 0 Å². The molecule has 4 aromatic rings. The number of carbonyl (C=O) groups excluding carboxylic acids is 3. The zero-order chi connectivity index (χ0) is 36.2. The number of hydrogen-bond acceptors (Lipinski definition) is 6. The lowest BCUT2D eigenvalue weighted by molar-refractivity contribution is -0.144. The molecule has 1 fully saturated rings. The van der Waals surface area contributed by atoms with Crippen LogP contribution in [0.1, 0.15) is 79.8 Å². The van der Waals surface area contributed by atoms with Gasteiger partial charge in [0, 0.05) is 41.0 Å². The van der Waals surface area contributed by atoms with Gasteiger partial charge in [0.05, 0.1) is 12.2 Å². The Morgan fingerprint density at radius 1 is 0.904 bits per heavy atom. The Labute approximate surface area is 303 Å². The second-order valence-corrected chi connectivity index (χ2v) is 14.4. The number of carbonyl (C=O) groups is 4. The number of benzene rings is 3. The minimum atomic E-state index is -1.17. The summed E-state index contributed by atoms with van der Waals surface area (Å²) < 4.78 is 0. The smallest absolute Gasteiger partial charge is 0.323 e. The van der Waals surface area contributed by atoms with Crippen molar-refractivity contribution in [2.45, 2.75) is 64.8 Å². The van der Waals surface area contributed by atoms with Gasteiger partial charge >= 0.3 is 5.97 Å². The first-order chi connectivity index (χ1) is 25.3. The zero-order valence-corrected chi connectivity index (χ0v) is 29.6. The molecule has 0 bridgehead atoms. The molecule has 1 aliphatic heterocycles. The standard InChI is InChI=1S/C42H45N5O5/c1-2-27-9-13-29(14-10-27)30-17-19-31(20-18-30)34-21-44-41(45-22-34)33-15-11-28(12-16-33)24-46(26-39(50)51)38(49)23-43-37(48)25-47-36-8-4-6-32-5-3-7-35(40(32)36)42(47)52/h3-8,11-12,15-16,19,21-22,27,29-30H,2,9-10,13-14,17-18,20,23-26H2,1H3,(H,43,48)(H,50,51). The summed E-state index contributed by atoms with van der Waals surface area (Å²) >= 11 is 0. The van der Waals surface area contributed by atoms with Gasteiger partial charge in [-0.2, -0.15) is 0 Å². The molecule has 3 aromatic carbocycles. The number of hydrogen-bond donors (Lipinski definition) is 2. The van der Waals surface area contributed by atoms with E-state index in [1.54, 1.807) is 18.2 Å². The van der Waals surface area contributed by atoms with Crippen molar-refractivity contribution in [3.05, 3.63) is 95.8 Å². The maximum atomic E-state index is 13.1. The van der Waals surface area contributed by atoms with Crippen LogP contribution in [0.25, 0.3) is 27.7 Å². The number of rotatable bonds is 12. The molecular weight excluding hydrogens is 654 g/mol. The molecule has 52 heavy (non-hydrogen) atoms. The molecule has 268 valence electrons. The molecular formula is C42H45N5O5. The van der Waals surface area contributed by atoms with Gasteiger partial charge in [-0.15, -0.1) is 0 Å². The third-order valence-corrected chi connectivity index (χ3v) is 11.3. The van der Waals surface area contributed by atoms with Crippen LogP contribution in [0.2, 0.25) is 0 Å². The quantitative estimate of drug-likeness (QED) is 0.165. The van der Waals surface area contributed by atoms with Crippen molar-refractivity contribution in [2.75, 3.05) is 24.5 Å². The number of aliphatic carboxylic acids is 1. The highest BCUT2D eigenvalue weighted by Gasteiger charge is 2.31. The molecule has 3 amide bonds. The van der Waals surface area contributed by atoms with Crippen LogP contribution in [-0.2, 0) is 20.9 Å². The zero-order valence-electron chi connectivity index (χ0n) is 29.6. The van der Waals surface area contributed by atoms with Gasteiger partial charge in [-0.25, -0.2) is 9.97 Å². The number of carboxylic acid groups (broad SMARTS) is 1. The fraction of sp³-hybridized carbons (Fsp3) is 0.381. The van der Waals surface area contributed by atoms with Crippen LogP contribution in [0, 0.1) is 17.8 Å². The summed E-state index contributed by atoms with van der Waals surface area (Å²) in [4.78, 5) is 62.6. The predicted octanol–water partition coefficient (Wildman–Crippen LogP) is 6.89. The SMILES string of the molecule is CCC1CCC(C2CC=C(c3cnc(-c4ccc(CN(CC(=O)O)C(=O)CNC(=O)CN5C(=O)c6cccc7cccc5c67)cc4)nc3)CC2)CC1. The molecule has 1 aromatic heterocycles. The summed E-state index contributed by atoms with van der Waals surface area (Å²) in [5, 5.41) is 13.8. The summed E-state index contributed by atoms with van der Waals surface area (Å²) in [6.45, 7) is 1.17. The molecule has 0 radical (unpaired) electrons. The fourth-order valence-corrected chi connectivity index (χ4v) is 8.25. The molecule has 0 saturated heterocycles. The van der Waals surface area contributed by atoms with Crippen molar-refractivity contribution in [2.24, 2.45) is 17.8 Å². The molecule has 2 heterocycles. The van der Waals surface area contributed by atoms with E-state index in [-0.39, 0.29) is 19.0 Å². The third-order valence-electron chi connectivity index (χ3n) is 11.3. The van der Waals surface area contributed by atoms with E-state index in [2.05, 4.69) is 28.3 Å².